The molecule has 6 heteroatoms. The fraction of sp³-hybridized carbons (Fsp3) is 0.600. The molecule has 0 spiro atoms. The minimum Gasteiger partial charge on any atom is -0.479 e. The lowest BCUT2D eigenvalue weighted by Crippen LogP contribution is -2.45. The van der Waals surface area contributed by atoms with Crippen molar-refractivity contribution in [2.75, 3.05) is 13.6 Å². The third kappa shape index (κ3) is 3.32. The number of carbonyl (C=O) groups is 1. The van der Waals surface area contributed by atoms with Gasteiger partial charge in [0.1, 0.15) is 0 Å². The van der Waals surface area contributed by atoms with Gasteiger partial charge < -0.3 is 10.2 Å². The van der Waals surface area contributed by atoms with Crippen LogP contribution in [0.5, 0.6) is 0 Å². The van der Waals surface area contributed by atoms with Crippen molar-refractivity contribution in [2.45, 2.75) is 19.1 Å². The number of aryl methyl sites for hydroxylation is 1. The molecule has 1 heterocycles. The lowest BCUT2D eigenvalue weighted by atomic mass is 10.1. The van der Waals surface area contributed by atoms with E-state index < -0.39 is 11.6 Å². The third-order valence-corrected chi connectivity index (χ3v) is 2.25. The largest absolute Gasteiger partial charge is 0.479 e. The first-order valence-electron chi connectivity index (χ1n) is 4.93. The molecule has 0 radical (unpaired) electrons. The van der Waals surface area contributed by atoms with E-state index in [0.717, 1.165) is 5.56 Å². The van der Waals surface area contributed by atoms with Gasteiger partial charge >= 0.3 is 5.97 Å². The minimum atomic E-state index is -1.73. The van der Waals surface area contributed by atoms with E-state index in [1.165, 1.54) is 6.92 Å². The van der Waals surface area contributed by atoms with E-state index in [-0.39, 0.29) is 6.54 Å². The molecule has 0 saturated heterocycles. The highest BCUT2D eigenvalue weighted by atomic mass is 16.4. The predicted octanol–water partition coefficient (Wildman–Crippen LogP) is -0.313. The van der Waals surface area contributed by atoms with Crippen LogP contribution in [0, 0.1) is 0 Å². The fourth-order valence-corrected chi connectivity index (χ4v) is 1.51. The molecule has 0 bridgehead atoms. The van der Waals surface area contributed by atoms with Crippen LogP contribution in [-0.4, -0.2) is 50.1 Å². The molecule has 2 N–H and O–H groups in total. The van der Waals surface area contributed by atoms with Crippen molar-refractivity contribution in [1.29, 1.82) is 0 Å². The van der Waals surface area contributed by atoms with Crippen LogP contribution in [0.2, 0.25) is 0 Å². The first-order valence-corrected chi connectivity index (χ1v) is 4.93. The maximum absolute atomic E-state index is 10.7. The van der Waals surface area contributed by atoms with Crippen molar-refractivity contribution in [3.05, 3.63) is 18.0 Å². The van der Waals surface area contributed by atoms with Crippen LogP contribution >= 0.6 is 0 Å². The van der Waals surface area contributed by atoms with Gasteiger partial charge in [0.2, 0.25) is 0 Å². The summed E-state index contributed by atoms with van der Waals surface area (Å²) in [6.07, 6.45) is 3.57. The van der Waals surface area contributed by atoms with Gasteiger partial charge in [0, 0.05) is 31.9 Å². The second kappa shape index (κ2) is 4.63. The Balaban J connectivity index is 2.54. The van der Waals surface area contributed by atoms with Crippen LogP contribution < -0.4 is 0 Å². The van der Waals surface area contributed by atoms with Crippen LogP contribution in [0.4, 0.5) is 0 Å². The molecule has 6 nitrogen and oxygen atoms in total. The van der Waals surface area contributed by atoms with Crippen molar-refractivity contribution in [3.63, 3.8) is 0 Å². The van der Waals surface area contributed by atoms with E-state index in [1.54, 1.807) is 22.8 Å². The van der Waals surface area contributed by atoms with Gasteiger partial charge in [-0.15, -0.1) is 0 Å². The molecule has 1 unspecified atom stereocenters. The Morgan fingerprint density at radius 2 is 2.31 bits per heavy atom. The lowest BCUT2D eigenvalue weighted by molar-refractivity contribution is -0.158. The molecule has 0 aromatic carbocycles. The SMILES string of the molecule is CN(Cc1cnn(C)c1)CC(C)(O)C(=O)O. The summed E-state index contributed by atoms with van der Waals surface area (Å²) < 4.78 is 1.68. The van der Waals surface area contributed by atoms with Crippen molar-refractivity contribution >= 4 is 5.97 Å². The summed E-state index contributed by atoms with van der Waals surface area (Å²) in [5, 5.41) is 22.4. The summed E-state index contributed by atoms with van der Waals surface area (Å²) in [4.78, 5) is 12.5. The zero-order valence-corrected chi connectivity index (χ0v) is 9.71. The van der Waals surface area contributed by atoms with Crippen LogP contribution in [0.1, 0.15) is 12.5 Å². The highest BCUT2D eigenvalue weighted by molar-refractivity contribution is 5.76. The Labute approximate surface area is 94.1 Å². The van der Waals surface area contributed by atoms with Crippen molar-refractivity contribution in [2.24, 2.45) is 7.05 Å². The Kier molecular flexibility index (Phi) is 3.66. The van der Waals surface area contributed by atoms with E-state index in [0.29, 0.717) is 6.54 Å². The summed E-state index contributed by atoms with van der Waals surface area (Å²) in [5.74, 6) is -1.22. The number of carboxylic acid groups (broad SMARTS) is 1. The third-order valence-electron chi connectivity index (χ3n) is 2.25. The van der Waals surface area contributed by atoms with Gasteiger partial charge in [0.05, 0.1) is 6.20 Å². The second-order valence-electron chi connectivity index (χ2n) is 4.27. The topological polar surface area (TPSA) is 78.6 Å². The van der Waals surface area contributed by atoms with Gasteiger partial charge in [-0.1, -0.05) is 0 Å². The molecule has 1 aromatic heterocycles. The molecule has 1 aromatic rings. The lowest BCUT2D eigenvalue weighted by Gasteiger charge is -2.24. The van der Waals surface area contributed by atoms with Crippen molar-refractivity contribution in [1.82, 2.24) is 14.7 Å². The van der Waals surface area contributed by atoms with Gasteiger partial charge in [0.15, 0.2) is 5.60 Å². The fourth-order valence-electron chi connectivity index (χ4n) is 1.51. The zero-order chi connectivity index (χ0) is 12.3. The van der Waals surface area contributed by atoms with E-state index in [4.69, 9.17) is 5.11 Å². The minimum absolute atomic E-state index is 0.0667. The quantitative estimate of drug-likeness (QED) is 0.721. The normalized spacial score (nSPS) is 15.1. The first kappa shape index (κ1) is 12.7. The molecule has 1 atom stereocenters. The Hall–Kier alpha value is -1.40. The number of likely N-dealkylation sites (N-methyl/N-ethyl adjacent to an activating group) is 1. The summed E-state index contributed by atoms with van der Waals surface area (Å²) in [6, 6.07) is 0. The van der Waals surface area contributed by atoms with Gasteiger partial charge in [-0.25, -0.2) is 4.79 Å². The van der Waals surface area contributed by atoms with E-state index in [9.17, 15) is 9.90 Å². The van der Waals surface area contributed by atoms with E-state index in [1.807, 2.05) is 13.2 Å². The Morgan fingerprint density at radius 1 is 1.69 bits per heavy atom. The van der Waals surface area contributed by atoms with Gasteiger partial charge in [0.25, 0.3) is 0 Å². The summed E-state index contributed by atoms with van der Waals surface area (Å²) in [5.41, 5.74) is -0.747. The average Bonchev–Trinajstić information content (AvgIpc) is 2.49. The number of aromatic nitrogens is 2. The molecular weight excluding hydrogens is 210 g/mol. The Morgan fingerprint density at radius 3 is 2.75 bits per heavy atom. The molecule has 0 aliphatic heterocycles. The van der Waals surface area contributed by atoms with Crippen molar-refractivity contribution < 1.29 is 15.0 Å². The van der Waals surface area contributed by atoms with E-state index >= 15 is 0 Å². The molecule has 0 aliphatic rings. The first-order chi connectivity index (χ1) is 7.31. The molecule has 90 valence electrons. The smallest absolute Gasteiger partial charge is 0.336 e. The number of aliphatic carboxylic acids is 1. The van der Waals surface area contributed by atoms with Gasteiger partial charge in [-0.3, -0.25) is 9.58 Å². The molecular formula is C10H17N3O3. The number of hydrogen-bond acceptors (Lipinski definition) is 4. The molecule has 0 saturated carbocycles. The van der Waals surface area contributed by atoms with Crippen LogP contribution in [-0.2, 0) is 18.4 Å². The predicted molar refractivity (Wildman–Crippen MR) is 57.8 cm³/mol. The van der Waals surface area contributed by atoms with Crippen LogP contribution in [0.25, 0.3) is 0 Å². The summed E-state index contributed by atoms with van der Waals surface area (Å²) in [6.45, 7) is 1.91. The molecule has 0 aliphatic carbocycles. The number of rotatable bonds is 5. The van der Waals surface area contributed by atoms with E-state index in [2.05, 4.69) is 5.10 Å². The maximum Gasteiger partial charge on any atom is 0.336 e. The van der Waals surface area contributed by atoms with Crippen molar-refractivity contribution in [3.8, 4) is 0 Å². The molecule has 0 fully saturated rings. The highest BCUT2D eigenvalue weighted by Gasteiger charge is 2.31. The monoisotopic (exact) mass is 227 g/mol. The highest BCUT2D eigenvalue weighted by Crippen LogP contribution is 2.08. The maximum atomic E-state index is 10.7. The van der Waals surface area contributed by atoms with Gasteiger partial charge in [-0.05, 0) is 14.0 Å². The number of hydrogen-bond donors (Lipinski definition) is 2. The Bertz CT molecular complexity index is 373. The van der Waals surface area contributed by atoms with Crippen LogP contribution in [0.3, 0.4) is 0 Å². The summed E-state index contributed by atoms with van der Waals surface area (Å²) in [7, 11) is 3.57. The average molecular weight is 227 g/mol. The summed E-state index contributed by atoms with van der Waals surface area (Å²) >= 11 is 0. The standard InChI is InChI=1S/C10H17N3O3/c1-10(16,9(14)15)7-12(2)5-8-4-11-13(3)6-8/h4,6,16H,5,7H2,1-3H3,(H,14,15). The van der Waals surface area contributed by atoms with Gasteiger partial charge in [-0.2, -0.15) is 5.10 Å². The molecule has 1 rings (SSSR count). The number of nitrogens with zero attached hydrogens (tertiary/aromatic N) is 3. The second-order valence-corrected chi connectivity index (χ2v) is 4.27. The van der Waals surface area contributed by atoms with Crippen LogP contribution in [0.15, 0.2) is 12.4 Å². The number of carboxylic acids is 1. The molecule has 16 heavy (non-hydrogen) atoms. The molecule has 0 amide bonds. The zero-order valence-electron chi connectivity index (χ0n) is 9.71. The number of aliphatic hydroxyl groups is 1.